The van der Waals surface area contributed by atoms with Gasteiger partial charge in [0.25, 0.3) is 0 Å². The van der Waals surface area contributed by atoms with Gasteiger partial charge in [-0.05, 0) is 44.4 Å². The summed E-state index contributed by atoms with van der Waals surface area (Å²) in [5, 5.41) is 8.91. The molecular formula is C25H48O2. The lowest BCUT2D eigenvalue weighted by Gasteiger charge is -2.15. The third-order valence-corrected chi connectivity index (χ3v) is 5.97. The van der Waals surface area contributed by atoms with E-state index in [-0.39, 0.29) is 6.10 Å². The summed E-state index contributed by atoms with van der Waals surface area (Å²) in [5.41, 5.74) is 0. The van der Waals surface area contributed by atoms with Gasteiger partial charge in [0.1, 0.15) is 0 Å². The molecule has 2 saturated heterocycles. The maximum Gasteiger partial charge on any atom is 0.0580 e. The van der Waals surface area contributed by atoms with Crippen molar-refractivity contribution in [3.05, 3.63) is 0 Å². The Morgan fingerprint density at radius 3 is 1.19 bits per heavy atom. The number of fused-ring (bicyclic) bond motifs is 2. The molecule has 0 aromatic heterocycles. The van der Waals surface area contributed by atoms with Gasteiger partial charge >= 0.3 is 0 Å². The zero-order chi connectivity index (χ0) is 20.3. The second-order valence-electron chi connectivity index (χ2n) is 8.57. The van der Waals surface area contributed by atoms with Crippen LogP contribution in [0.25, 0.3) is 0 Å². The standard InChI is InChI=1S/C7H14.C6H10O.C6H12O.C4H10.C2H2/c1-7-5-3-2-4-6-7;1-2-6-4-3-5(1)7-6;7-6-4-2-1-3-5-6;1-3-4-2;1-2/h7H,2-6H2,1H3;5-6H,1-4H2;6-7H,1-5H2;3-4H2,1-2H3;1-2H. The number of rotatable bonds is 1. The first kappa shape index (κ1) is 26.5. The van der Waals surface area contributed by atoms with E-state index in [9.17, 15) is 0 Å². The maximum atomic E-state index is 8.91. The van der Waals surface area contributed by atoms with Crippen molar-refractivity contribution in [2.45, 2.75) is 142 Å². The average Bonchev–Trinajstić information content (AvgIpc) is 3.38. The van der Waals surface area contributed by atoms with Crippen molar-refractivity contribution >= 4 is 0 Å². The molecule has 0 amide bonds. The van der Waals surface area contributed by atoms with Crippen molar-refractivity contribution in [1.82, 2.24) is 0 Å². The number of hydrogen-bond donors (Lipinski definition) is 1. The van der Waals surface area contributed by atoms with Crippen LogP contribution in [0, 0.1) is 18.8 Å². The number of hydrogen-bond acceptors (Lipinski definition) is 2. The van der Waals surface area contributed by atoms with E-state index >= 15 is 0 Å². The van der Waals surface area contributed by atoms with E-state index in [1.807, 2.05) is 0 Å². The summed E-state index contributed by atoms with van der Waals surface area (Å²) in [6, 6.07) is 0. The molecule has 0 atom stereocenters. The molecular weight excluding hydrogens is 332 g/mol. The molecule has 0 spiro atoms. The van der Waals surface area contributed by atoms with Gasteiger partial charge in [-0.15, -0.1) is 12.8 Å². The first-order chi connectivity index (χ1) is 13.2. The molecule has 0 radical (unpaired) electrons. The van der Waals surface area contributed by atoms with Crippen LogP contribution >= 0.6 is 0 Å². The van der Waals surface area contributed by atoms with Crippen molar-refractivity contribution in [3.8, 4) is 12.8 Å². The van der Waals surface area contributed by atoms with Crippen LogP contribution in [-0.4, -0.2) is 23.4 Å². The van der Waals surface area contributed by atoms with Crippen molar-refractivity contribution in [1.29, 1.82) is 0 Å². The minimum Gasteiger partial charge on any atom is -0.393 e. The Labute approximate surface area is 170 Å². The fourth-order valence-electron chi connectivity index (χ4n) is 3.96. The van der Waals surface area contributed by atoms with E-state index in [0.717, 1.165) is 18.8 Å². The molecule has 2 heterocycles. The second kappa shape index (κ2) is 18.8. The second-order valence-corrected chi connectivity index (χ2v) is 8.57. The molecule has 2 bridgehead atoms. The summed E-state index contributed by atoms with van der Waals surface area (Å²) in [4.78, 5) is 0. The number of unbranched alkanes of at least 4 members (excludes halogenated alkanes) is 1. The normalized spacial score (nSPS) is 26.7. The van der Waals surface area contributed by atoms with Gasteiger partial charge in [0.2, 0.25) is 0 Å². The predicted molar refractivity (Wildman–Crippen MR) is 119 cm³/mol. The summed E-state index contributed by atoms with van der Waals surface area (Å²) in [5.74, 6) is 1.04. The van der Waals surface area contributed by atoms with Crippen molar-refractivity contribution < 1.29 is 9.84 Å². The summed E-state index contributed by atoms with van der Waals surface area (Å²) >= 11 is 0. The molecule has 4 aliphatic rings. The number of aliphatic hydroxyl groups is 1. The predicted octanol–water partition coefficient (Wildman–Crippen LogP) is 7.28. The third kappa shape index (κ3) is 15.1. The number of ether oxygens (including phenoxy) is 1. The maximum absolute atomic E-state index is 8.91. The first-order valence-electron chi connectivity index (χ1n) is 11.8. The molecule has 160 valence electrons. The fraction of sp³-hybridized carbons (Fsp3) is 0.920. The van der Waals surface area contributed by atoms with E-state index in [1.165, 1.54) is 89.9 Å². The van der Waals surface area contributed by atoms with Gasteiger partial charge in [-0.3, -0.25) is 0 Å². The summed E-state index contributed by atoms with van der Waals surface area (Å²) in [7, 11) is 0. The van der Waals surface area contributed by atoms with Crippen LogP contribution in [0.1, 0.15) is 124 Å². The van der Waals surface area contributed by atoms with Crippen LogP contribution in [0.5, 0.6) is 0 Å². The van der Waals surface area contributed by atoms with E-state index < -0.39 is 0 Å². The smallest absolute Gasteiger partial charge is 0.0580 e. The molecule has 1 N–H and O–H groups in total. The van der Waals surface area contributed by atoms with E-state index in [1.54, 1.807) is 0 Å². The SMILES string of the molecule is C#C.C1CC2CCC1O2.CC1CCCCC1.CCCC.OC1CCCCC1. The molecule has 2 aliphatic heterocycles. The number of aliphatic hydroxyl groups excluding tert-OH is 1. The van der Waals surface area contributed by atoms with E-state index in [4.69, 9.17) is 9.84 Å². The van der Waals surface area contributed by atoms with Gasteiger partial charge in [-0.25, -0.2) is 0 Å². The zero-order valence-corrected chi connectivity index (χ0v) is 18.6. The monoisotopic (exact) mass is 380 g/mol. The molecule has 4 fully saturated rings. The highest BCUT2D eigenvalue weighted by molar-refractivity contribution is 4.81. The average molecular weight is 381 g/mol. The summed E-state index contributed by atoms with van der Waals surface area (Å²) < 4.78 is 5.47. The Hall–Kier alpha value is -0.520. The Morgan fingerprint density at radius 2 is 1.04 bits per heavy atom. The van der Waals surface area contributed by atoms with Crippen LogP contribution in [0.15, 0.2) is 0 Å². The van der Waals surface area contributed by atoms with Gasteiger partial charge in [0.05, 0.1) is 18.3 Å². The van der Waals surface area contributed by atoms with Gasteiger partial charge in [-0.2, -0.15) is 0 Å². The van der Waals surface area contributed by atoms with Crippen LogP contribution in [0.3, 0.4) is 0 Å². The quantitative estimate of drug-likeness (QED) is 0.484. The molecule has 2 aliphatic carbocycles. The Bertz CT molecular complexity index is 278. The van der Waals surface area contributed by atoms with Crippen LogP contribution in [0.4, 0.5) is 0 Å². The number of terminal acetylenes is 1. The highest BCUT2D eigenvalue weighted by Crippen LogP contribution is 2.33. The minimum atomic E-state index is 0.0359. The Kier molecular flexibility index (Phi) is 18.5. The van der Waals surface area contributed by atoms with Gasteiger partial charge in [0.15, 0.2) is 0 Å². The van der Waals surface area contributed by atoms with E-state index in [2.05, 4.69) is 33.6 Å². The molecule has 27 heavy (non-hydrogen) atoms. The van der Waals surface area contributed by atoms with Gasteiger partial charge < -0.3 is 9.84 Å². The lowest BCUT2D eigenvalue weighted by molar-refractivity contribution is 0.105. The zero-order valence-electron chi connectivity index (χ0n) is 18.6. The molecule has 0 unspecified atom stereocenters. The largest absolute Gasteiger partial charge is 0.393 e. The molecule has 2 heteroatoms. The molecule has 2 nitrogen and oxygen atoms in total. The molecule has 0 aromatic carbocycles. The molecule has 0 aromatic rings. The summed E-state index contributed by atoms with van der Waals surface area (Å²) in [6.07, 6.45) is 30.7. The Balaban J connectivity index is 0.000000330. The van der Waals surface area contributed by atoms with Gasteiger partial charge in [0, 0.05) is 0 Å². The highest BCUT2D eigenvalue weighted by Gasteiger charge is 2.31. The minimum absolute atomic E-state index is 0.0359. The van der Waals surface area contributed by atoms with Crippen LogP contribution in [-0.2, 0) is 4.74 Å². The van der Waals surface area contributed by atoms with Crippen molar-refractivity contribution in [2.24, 2.45) is 5.92 Å². The lowest BCUT2D eigenvalue weighted by atomic mass is 9.91. The van der Waals surface area contributed by atoms with E-state index in [0.29, 0.717) is 12.2 Å². The third-order valence-electron chi connectivity index (χ3n) is 5.97. The molecule has 4 rings (SSSR count). The Morgan fingerprint density at radius 1 is 0.667 bits per heavy atom. The van der Waals surface area contributed by atoms with Crippen molar-refractivity contribution in [3.63, 3.8) is 0 Å². The fourth-order valence-corrected chi connectivity index (χ4v) is 3.96. The van der Waals surface area contributed by atoms with Crippen molar-refractivity contribution in [2.75, 3.05) is 0 Å². The lowest BCUT2D eigenvalue weighted by Crippen LogP contribution is -2.09. The highest BCUT2D eigenvalue weighted by atomic mass is 16.5. The van der Waals surface area contributed by atoms with Crippen LogP contribution in [0.2, 0.25) is 0 Å². The van der Waals surface area contributed by atoms with Crippen LogP contribution < -0.4 is 0 Å². The summed E-state index contributed by atoms with van der Waals surface area (Å²) in [6.45, 7) is 6.72. The molecule has 2 saturated carbocycles. The van der Waals surface area contributed by atoms with Gasteiger partial charge in [-0.1, -0.05) is 85.0 Å². The topological polar surface area (TPSA) is 29.5 Å². The first-order valence-corrected chi connectivity index (χ1v) is 11.8.